The summed E-state index contributed by atoms with van der Waals surface area (Å²) in [5.74, 6) is -1.60. The Bertz CT molecular complexity index is 4180. The third kappa shape index (κ3) is 8.18. The van der Waals surface area contributed by atoms with E-state index in [1.165, 1.54) is 72.8 Å². The molecule has 5 N–H and O–H groups in total. The van der Waals surface area contributed by atoms with Crippen LogP contribution in [0.25, 0.3) is 78.2 Å². The van der Waals surface area contributed by atoms with Crippen molar-refractivity contribution >= 4 is 65.2 Å². The summed E-state index contributed by atoms with van der Waals surface area (Å²) in [6.45, 7) is 0. The van der Waals surface area contributed by atoms with Crippen molar-refractivity contribution in [3.8, 4) is 85.0 Å². The Labute approximate surface area is 405 Å². The van der Waals surface area contributed by atoms with E-state index >= 15 is 0 Å². The van der Waals surface area contributed by atoms with Gasteiger partial charge in [-0.25, -0.2) is 18.5 Å². The van der Waals surface area contributed by atoms with E-state index in [2.05, 4.69) is 10.1 Å². The van der Waals surface area contributed by atoms with Gasteiger partial charge in [-0.15, -0.1) is 9.19 Å². The van der Waals surface area contributed by atoms with Crippen molar-refractivity contribution in [2.24, 2.45) is 5.14 Å². The molecule has 16 nitrogen and oxygen atoms in total. The summed E-state index contributed by atoms with van der Waals surface area (Å²) in [6, 6.07) is 34.6. The Hall–Kier alpha value is -8.26. The van der Waals surface area contributed by atoms with Crippen LogP contribution in [-0.2, 0) is 20.0 Å². The highest BCUT2D eigenvalue weighted by Gasteiger charge is 2.26. The van der Waals surface area contributed by atoms with E-state index < -0.39 is 48.2 Å². The van der Waals surface area contributed by atoms with Gasteiger partial charge in [0, 0.05) is 41.0 Å². The molecule has 0 unspecified atom stereocenters. The number of primary sulfonamides is 1. The molecule has 0 aliphatic heterocycles. The minimum Gasteiger partial charge on any atom is -0.507 e. The normalized spacial score (nSPS) is 11.9. The summed E-state index contributed by atoms with van der Waals surface area (Å²) in [6.07, 6.45) is 0.976. The van der Waals surface area contributed by atoms with Crippen LogP contribution in [0.2, 0.25) is 10.0 Å². The van der Waals surface area contributed by atoms with Gasteiger partial charge in [0.1, 0.15) is 57.4 Å². The maximum absolute atomic E-state index is 14.2. The summed E-state index contributed by atoms with van der Waals surface area (Å²) in [5.41, 5.74) is -0.549. The smallest absolute Gasteiger partial charge is 0.284 e. The maximum Gasteiger partial charge on any atom is 0.284 e. The van der Waals surface area contributed by atoms with Gasteiger partial charge >= 0.3 is 0 Å². The van der Waals surface area contributed by atoms with Crippen LogP contribution in [0.1, 0.15) is 0 Å². The van der Waals surface area contributed by atoms with Gasteiger partial charge in [-0.05, 0) is 71.8 Å². The number of nitrogens with two attached hydrogens (primary N) is 1. The van der Waals surface area contributed by atoms with Crippen molar-refractivity contribution in [2.45, 2.75) is 9.79 Å². The number of nitrogens with zero attached hydrogens (tertiary/aromatic N) is 3. The average Bonchev–Trinajstić information content (AvgIpc) is 3.83. The first kappa shape index (κ1) is 45.5. The fraction of sp³-hybridized carbons (Fsp3) is 0. The van der Waals surface area contributed by atoms with Crippen molar-refractivity contribution in [3.05, 3.63) is 182 Å². The molecule has 20 heteroatoms. The van der Waals surface area contributed by atoms with Crippen LogP contribution in [0.4, 0.5) is 0 Å². The molecule has 70 heavy (non-hydrogen) atoms. The molecule has 10 aromatic rings. The van der Waals surface area contributed by atoms with E-state index in [4.69, 9.17) is 41.9 Å². The number of ether oxygens (including phenoxy) is 1. The molecule has 0 atom stereocenters. The first-order chi connectivity index (χ1) is 33.5. The number of benzene rings is 7. The monoisotopic (exact) mass is 1010 g/mol. The number of halogens is 2. The fourth-order valence-corrected chi connectivity index (χ4v) is 10.0. The minimum atomic E-state index is -4.50. The second kappa shape index (κ2) is 17.4. The molecule has 7 aromatic carbocycles. The first-order valence-electron chi connectivity index (χ1n) is 20.5. The number of hydrogen-bond donors (Lipinski definition) is 4. The highest BCUT2D eigenvalue weighted by molar-refractivity contribution is 7.90. The molecule has 0 amide bonds. The summed E-state index contributed by atoms with van der Waals surface area (Å²) < 4.78 is 72.2. The van der Waals surface area contributed by atoms with E-state index in [1.54, 1.807) is 60.7 Å². The summed E-state index contributed by atoms with van der Waals surface area (Å²) in [7, 11) is -8.69. The summed E-state index contributed by atoms with van der Waals surface area (Å²) in [4.78, 5) is 31.1. The Morgan fingerprint density at radius 1 is 0.571 bits per heavy atom. The predicted octanol–water partition coefficient (Wildman–Crippen LogP) is 9.93. The molecular formula is C50H30Cl2N4O12S2. The number of rotatable bonds is 10. The lowest BCUT2D eigenvalue weighted by Crippen LogP contribution is -2.13. The van der Waals surface area contributed by atoms with Crippen LogP contribution in [0.3, 0.4) is 0 Å². The number of phenols is 3. The number of aromatic hydroxyl groups is 3. The summed E-state index contributed by atoms with van der Waals surface area (Å²) >= 11 is 12.9. The number of sulfonamides is 1. The number of hydrogen-bond acceptors (Lipinski definition) is 14. The van der Waals surface area contributed by atoms with Crippen LogP contribution in [0.5, 0.6) is 28.7 Å². The van der Waals surface area contributed by atoms with Gasteiger partial charge in [-0.3, -0.25) is 9.59 Å². The van der Waals surface area contributed by atoms with E-state index in [9.17, 15) is 41.7 Å². The van der Waals surface area contributed by atoms with Crippen molar-refractivity contribution < 1.29 is 45.7 Å². The molecule has 0 saturated heterocycles. The lowest BCUT2D eigenvalue weighted by atomic mass is 10.00. The van der Waals surface area contributed by atoms with E-state index in [0.29, 0.717) is 15.2 Å². The molecule has 0 aliphatic carbocycles. The lowest BCUT2D eigenvalue weighted by Gasteiger charge is -2.15. The number of aromatic nitrogens is 3. The minimum absolute atomic E-state index is 0.0342. The average molecular weight is 1010 g/mol. The van der Waals surface area contributed by atoms with E-state index in [-0.39, 0.29) is 98.4 Å². The highest BCUT2D eigenvalue weighted by atomic mass is 35.5. The zero-order valence-corrected chi connectivity index (χ0v) is 38.6. The molecular weight excluding hydrogens is 984 g/mol. The fourth-order valence-electron chi connectivity index (χ4n) is 7.89. The van der Waals surface area contributed by atoms with Crippen molar-refractivity contribution in [2.75, 3.05) is 0 Å². The number of phenolic OH excluding ortho intramolecular Hbond substituents is 3. The Kier molecular flexibility index (Phi) is 11.3. The van der Waals surface area contributed by atoms with Gasteiger partial charge in [0.05, 0.1) is 31.0 Å². The molecule has 0 spiro atoms. The molecule has 0 saturated carbocycles. The molecule has 0 aliphatic rings. The molecule has 3 aromatic heterocycles. The SMILES string of the molecule is NS(=O)(=O)c1cccc(-c2c(O)cc(Oc3cccc(-c4ncn(S(=O)(=O)c5cccc(-c6c(O)cc(O)c7c(=O)cc(-c8ccccc8Cl)oc67)c5)n4)c3)c3c(=O)cc(-c4ccccc4Cl)oc23)c1. The zero-order valence-electron chi connectivity index (χ0n) is 35.4. The third-order valence-corrected chi connectivity index (χ3v) is 14.2. The standard InChI is InChI=1S/C50H30Cl2N4O12S2/c51-34-16-3-1-14-32(34)41-22-39(60)46-37(58)21-36(57)44(48(46)67-41)27-9-7-13-31(20-27)70(64,65)56-25-54-50(55-56)28-10-5-11-29(18-28)66-43-24-38(59)45(26-8-6-12-30(19-26)69(53,62)63)49-47(43)40(61)23-42(68-49)33-15-2-4-17-35(33)52/h1-25,57-59H,(H2,53,62,63). The largest absolute Gasteiger partial charge is 0.507 e. The van der Waals surface area contributed by atoms with Crippen molar-refractivity contribution in [1.82, 2.24) is 14.2 Å². The van der Waals surface area contributed by atoms with Crippen LogP contribution < -0.4 is 20.7 Å². The second-order valence-electron chi connectivity index (χ2n) is 15.6. The third-order valence-electron chi connectivity index (χ3n) is 11.1. The number of fused-ring (bicyclic) bond motifs is 2. The Morgan fingerprint density at radius 2 is 1.10 bits per heavy atom. The van der Waals surface area contributed by atoms with Crippen molar-refractivity contribution in [1.29, 1.82) is 0 Å². The second-order valence-corrected chi connectivity index (χ2v) is 19.7. The quantitative estimate of drug-likeness (QED) is 0.0995. The van der Waals surface area contributed by atoms with Crippen LogP contribution in [-0.4, -0.2) is 46.3 Å². The van der Waals surface area contributed by atoms with Gasteiger partial charge in [0.15, 0.2) is 27.8 Å². The maximum atomic E-state index is 14.2. The Morgan fingerprint density at radius 3 is 1.71 bits per heavy atom. The molecule has 0 radical (unpaired) electrons. The van der Waals surface area contributed by atoms with Gasteiger partial charge in [-0.2, -0.15) is 8.42 Å². The van der Waals surface area contributed by atoms with Gasteiger partial charge in [0.2, 0.25) is 10.0 Å². The molecule has 0 fully saturated rings. The first-order valence-corrected chi connectivity index (χ1v) is 24.3. The van der Waals surface area contributed by atoms with Gasteiger partial charge in [-0.1, -0.05) is 83.9 Å². The summed E-state index contributed by atoms with van der Waals surface area (Å²) in [5, 5.41) is 43.2. The van der Waals surface area contributed by atoms with E-state index in [0.717, 1.165) is 18.5 Å². The van der Waals surface area contributed by atoms with Crippen LogP contribution in [0.15, 0.2) is 180 Å². The predicted molar refractivity (Wildman–Crippen MR) is 261 cm³/mol. The zero-order chi connectivity index (χ0) is 49.2. The lowest BCUT2D eigenvalue weighted by molar-refractivity contribution is 0.453. The van der Waals surface area contributed by atoms with Crippen molar-refractivity contribution in [3.63, 3.8) is 0 Å². The highest BCUT2D eigenvalue weighted by Crippen LogP contribution is 2.45. The molecule has 3 heterocycles. The van der Waals surface area contributed by atoms with E-state index in [1.807, 2.05) is 0 Å². The van der Waals surface area contributed by atoms with Crippen LogP contribution in [0, 0.1) is 0 Å². The molecule has 0 bridgehead atoms. The van der Waals surface area contributed by atoms with Crippen LogP contribution >= 0.6 is 23.2 Å². The van der Waals surface area contributed by atoms with Gasteiger partial charge in [0.25, 0.3) is 10.0 Å². The molecule has 10 rings (SSSR count). The topological polar surface area (TPSA) is 255 Å². The Balaban J connectivity index is 1.01. The molecule has 348 valence electrons. The van der Waals surface area contributed by atoms with Gasteiger partial charge < -0.3 is 28.9 Å².